The van der Waals surface area contributed by atoms with E-state index in [0.29, 0.717) is 13.0 Å². The standard InChI is InChI=1S/C16H20FNO6S/c1-2-18(13-6-7-25(21,22)11-13)15(19)9-24-16(20)10-23-14-5-3-4-12(17)8-14/h3-5,8,13H,2,6-7,9-11H2,1H3. The number of carbonyl (C=O) groups is 2. The van der Waals surface area contributed by atoms with Crippen molar-refractivity contribution in [3.8, 4) is 5.75 Å². The first-order valence-corrected chi connectivity index (χ1v) is 9.66. The predicted octanol–water partition coefficient (Wildman–Crippen LogP) is 0.783. The molecule has 2 rings (SSSR count). The number of likely N-dealkylation sites (N-methyl/N-ethyl adjacent to an activating group) is 1. The number of hydrogen-bond acceptors (Lipinski definition) is 6. The number of halogens is 1. The first kappa shape index (κ1) is 19.2. The summed E-state index contributed by atoms with van der Waals surface area (Å²) < 4.78 is 46.0. The second kappa shape index (κ2) is 8.28. The lowest BCUT2D eigenvalue weighted by molar-refractivity contribution is -0.154. The highest BCUT2D eigenvalue weighted by atomic mass is 32.2. The van der Waals surface area contributed by atoms with Crippen LogP contribution in [0.15, 0.2) is 24.3 Å². The van der Waals surface area contributed by atoms with Crippen molar-refractivity contribution in [3.05, 3.63) is 30.1 Å². The van der Waals surface area contributed by atoms with Crippen LogP contribution in [0.1, 0.15) is 13.3 Å². The Balaban J connectivity index is 1.79. The minimum Gasteiger partial charge on any atom is -0.482 e. The number of rotatable bonds is 7. The third kappa shape index (κ3) is 5.70. The van der Waals surface area contributed by atoms with Crippen molar-refractivity contribution in [1.82, 2.24) is 4.90 Å². The van der Waals surface area contributed by atoms with Gasteiger partial charge in [0.15, 0.2) is 23.1 Å². The van der Waals surface area contributed by atoms with Crippen molar-refractivity contribution in [3.63, 3.8) is 0 Å². The summed E-state index contributed by atoms with van der Waals surface area (Å²) in [5, 5.41) is 0. The zero-order chi connectivity index (χ0) is 18.4. The molecule has 1 amide bonds. The van der Waals surface area contributed by atoms with Crippen LogP contribution in [0.3, 0.4) is 0 Å². The van der Waals surface area contributed by atoms with Crippen molar-refractivity contribution in [2.75, 3.05) is 31.3 Å². The molecule has 25 heavy (non-hydrogen) atoms. The van der Waals surface area contributed by atoms with Crippen molar-refractivity contribution in [1.29, 1.82) is 0 Å². The summed E-state index contributed by atoms with van der Waals surface area (Å²) in [6, 6.07) is 4.91. The minimum atomic E-state index is -3.11. The lowest BCUT2D eigenvalue weighted by atomic mass is 10.2. The molecule has 0 aliphatic carbocycles. The minimum absolute atomic E-state index is 0.0582. The number of hydrogen-bond donors (Lipinski definition) is 0. The average Bonchev–Trinajstić information content (AvgIpc) is 2.91. The van der Waals surface area contributed by atoms with E-state index >= 15 is 0 Å². The van der Waals surface area contributed by atoms with Crippen LogP contribution in [-0.4, -0.2) is 62.5 Å². The molecule has 0 saturated carbocycles. The van der Waals surface area contributed by atoms with Gasteiger partial charge in [-0.2, -0.15) is 0 Å². The smallest absolute Gasteiger partial charge is 0.344 e. The van der Waals surface area contributed by atoms with Gasteiger partial charge in [-0.15, -0.1) is 0 Å². The van der Waals surface area contributed by atoms with Gasteiger partial charge in [0.1, 0.15) is 11.6 Å². The van der Waals surface area contributed by atoms with Crippen LogP contribution in [0.4, 0.5) is 4.39 Å². The molecule has 0 bridgehead atoms. The lowest BCUT2D eigenvalue weighted by Gasteiger charge is -2.26. The highest BCUT2D eigenvalue weighted by Gasteiger charge is 2.34. The van der Waals surface area contributed by atoms with E-state index in [1.807, 2.05) is 0 Å². The molecular weight excluding hydrogens is 353 g/mol. The van der Waals surface area contributed by atoms with Crippen LogP contribution in [0.25, 0.3) is 0 Å². The fraction of sp³-hybridized carbons (Fsp3) is 0.500. The molecule has 1 fully saturated rings. The first-order chi connectivity index (χ1) is 11.8. The van der Waals surface area contributed by atoms with E-state index in [9.17, 15) is 22.4 Å². The molecule has 1 heterocycles. The zero-order valence-electron chi connectivity index (χ0n) is 13.8. The second-order valence-electron chi connectivity index (χ2n) is 5.64. The Bertz CT molecular complexity index is 736. The zero-order valence-corrected chi connectivity index (χ0v) is 14.6. The van der Waals surface area contributed by atoms with E-state index in [1.165, 1.54) is 23.1 Å². The number of esters is 1. The van der Waals surface area contributed by atoms with Crippen molar-refractivity contribution in [2.45, 2.75) is 19.4 Å². The van der Waals surface area contributed by atoms with Crippen molar-refractivity contribution >= 4 is 21.7 Å². The highest BCUT2D eigenvalue weighted by molar-refractivity contribution is 7.91. The van der Waals surface area contributed by atoms with Gasteiger partial charge in [0.05, 0.1) is 11.5 Å². The molecule has 1 atom stereocenters. The van der Waals surface area contributed by atoms with Gasteiger partial charge in [-0.05, 0) is 25.5 Å². The SMILES string of the molecule is CCN(C(=O)COC(=O)COc1cccc(F)c1)C1CCS(=O)(=O)C1. The van der Waals surface area contributed by atoms with E-state index in [-0.39, 0.29) is 23.3 Å². The Morgan fingerprint density at radius 2 is 2.08 bits per heavy atom. The number of benzene rings is 1. The molecule has 0 spiro atoms. The van der Waals surface area contributed by atoms with Crippen LogP contribution in [0, 0.1) is 5.82 Å². The number of carbonyl (C=O) groups excluding carboxylic acids is 2. The normalized spacial score (nSPS) is 18.6. The Labute approximate surface area is 145 Å². The van der Waals surface area contributed by atoms with Crippen LogP contribution in [0.2, 0.25) is 0 Å². The van der Waals surface area contributed by atoms with Gasteiger partial charge in [-0.3, -0.25) is 4.79 Å². The lowest BCUT2D eigenvalue weighted by Crippen LogP contribution is -2.43. The molecule has 138 valence electrons. The summed E-state index contributed by atoms with van der Waals surface area (Å²) in [5.41, 5.74) is 0. The average molecular weight is 373 g/mol. The maximum absolute atomic E-state index is 13.0. The Kier molecular flexibility index (Phi) is 6.35. The summed E-state index contributed by atoms with van der Waals surface area (Å²) in [5.74, 6) is -1.55. The molecule has 1 aromatic carbocycles. The largest absolute Gasteiger partial charge is 0.482 e. The number of ether oxygens (including phenoxy) is 2. The maximum Gasteiger partial charge on any atom is 0.344 e. The quantitative estimate of drug-likeness (QED) is 0.656. The number of sulfone groups is 1. The van der Waals surface area contributed by atoms with Gasteiger partial charge >= 0.3 is 5.97 Å². The summed E-state index contributed by atoms with van der Waals surface area (Å²) in [6.07, 6.45) is 0.387. The van der Waals surface area contributed by atoms with Gasteiger partial charge in [-0.1, -0.05) is 6.07 Å². The third-order valence-corrected chi connectivity index (χ3v) is 5.57. The van der Waals surface area contributed by atoms with E-state index < -0.39 is 40.7 Å². The van der Waals surface area contributed by atoms with Crippen LogP contribution < -0.4 is 4.74 Å². The molecule has 9 heteroatoms. The molecule has 7 nitrogen and oxygen atoms in total. The molecule has 1 aromatic rings. The number of nitrogens with zero attached hydrogens (tertiary/aromatic N) is 1. The Morgan fingerprint density at radius 1 is 1.32 bits per heavy atom. The van der Waals surface area contributed by atoms with Gasteiger partial charge in [-0.25, -0.2) is 17.6 Å². The summed E-state index contributed by atoms with van der Waals surface area (Å²) >= 11 is 0. The predicted molar refractivity (Wildman–Crippen MR) is 87.3 cm³/mol. The van der Waals surface area contributed by atoms with Crippen LogP contribution in [-0.2, 0) is 24.2 Å². The van der Waals surface area contributed by atoms with Crippen molar-refractivity contribution in [2.24, 2.45) is 0 Å². The van der Waals surface area contributed by atoms with E-state index in [4.69, 9.17) is 9.47 Å². The highest BCUT2D eigenvalue weighted by Crippen LogP contribution is 2.18. The van der Waals surface area contributed by atoms with Gasteiger partial charge in [0, 0.05) is 18.7 Å². The maximum atomic E-state index is 13.0. The summed E-state index contributed by atoms with van der Waals surface area (Å²) in [6.45, 7) is 1.12. The van der Waals surface area contributed by atoms with Gasteiger partial charge < -0.3 is 14.4 Å². The van der Waals surface area contributed by atoms with E-state index in [1.54, 1.807) is 6.92 Å². The Morgan fingerprint density at radius 3 is 2.68 bits per heavy atom. The molecule has 0 aromatic heterocycles. The summed E-state index contributed by atoms with van der Waals surface area (Å²) in [7, 11) is -3.11. The molecule has 1 unspecified atom stereocenters. The second-order valence-corrected chi connectivity index (χ2v) is 7.87. The fourth-order valence-corrected chi connectivity index (χ4v) is 4.36. The molecular formula is C16H20FNO6S. The third-order valence-electron chi connectivity index (χ3n) is 3.82. The molecule has 0 N–H and O–H groups in total. The summed E-state index contributed by atoms with van der Waals surface area (Å²) in [4.78, 5) is 25.2. The molecule has 0 radical (unpaired) electrons. The van der Waals surface area contributed by atoms with E-state index in [0.717, 1.165) is 6.07 Å². The number of amides is 1. The molecule has 1 aliphatic heterocycles. The van der Waals surface area contributed by atoms with Gasteiger partial charge in [0.2, 0.25) is 0 Å². The van der Waals surface area contributed by atoms with E-state index in [2.05, 4.69) is 0 Å². The van der Waals surface area contributed by atoms with Crippen molar-refractivity contribution < 1.29 is 31.9 Å². The Hall–Kier alpha value is -2.16. The first-order valence-electron chi connectivity index (χ1n) is 7.84. The topological polar surface area (TPSA) is 90.0 Å². The van der Waals surface area contributed by atoms with Crippen LogP contribution >= 0.6 is 0 Å². The molecule has 1 saturated heterocycles. The van der Waals surface area contributed by atoms with Gasteiger partial charge in [0.25, 0.3) is 5.91 Å². The van der Waals surface area contributed by atoms with Crippen LogP contribution in [0.5, 0.6) is 5.75 Å². The monoisotopic (exact) mass is 373 g/mol. The molecule has 1 aliphatic rings. The fourth-order valence-electron chi connectivity index (χ4n) is 2.63.